The number of nitrogens with zero attached hydrogens (tertiary/aromatic N) is 3. The van der Waals surface area contributed by atoms with E-state index in [1.807, 2.05) is 20.8 Å². The van der Waals surface area contributed by atoms with Gasteiger partial charge in [0.1, 0.15) is 0 Å². The molecule has 16 heavy (non-hydrogen) atoms. The first-order valence-electron chi connectivity index (χ1n) is 4.98. The predicted molar refractivity (Wildman–Crippen MR) is 58.6 cm³/mol. The Bertz CT molecular complexity index is 552. The molecule has 1 N–H and O–H groups in total. The lowest BCUT2D eigenvalue weighted by molar-refractivity contribution is 0.0689. The van der Waals surface area contributed by atoms with Gasteiger partial charge in [0.05, 0.1) is 11.9 Å². The van der Waals surface area contributed by atoms with Gasteiger partial charge in [0, 0.05) is 5.41 Å². The van der Waals surface area contributed by atoms with Gasteiger partial charge in [-0.2, -0.15) is 5.10 Å². The second-order valence-corrected chi connectivity index (χ2v) is 4.70. The zero-order valence-corrected chi connectivity index (χ0v) is 9.43. The van der Waals surface area contributed by atoms with Crippen molar-refractivity contribution in [1.29, 1.82) is 0 Å². The average molecular weight is 219 g/mol. The summed E-state index contributed by atoms with van der Waals surface area (Å²) in [6, 6.07) is 3.11. The van der Waals surface area contributed by atoms with Gasteiger partial charge in [0.2, 0.25) is 0 Å². The SMILES string of the molecule is CC(C)(C)c1cn2nc(C(=O)O)ccc2n1. The van der Waals surface area contributed by atoms with Gasteiger partial charge < -0.3 is 5.11 Å². The van der Waals surface area contributed by atoms with Gasteiger partial charge in [-0.3, -0.25) is 0 Å². The molecule has 2 aromatic rings. The van der Waals surface area contributed by atoms with E-state index in [0.29, 0.717) is 5.65 Å². The Balaban J connectivity index is 2.59. The first-order valence-corrected chi connectivity index (χ1v) is 4.98. The maximum atomic E-state index is 10.8. The fourth-order valence-corrected chi connectivity index (χ4v) is 1.36. The minimum Gasteiger partial charge on any atom is -0.476 e. The molecule has 5 heteroatoms. The lowest BCUT2D eigenvalue weighted by atomic mass is 9.93. The highest BCUT2D eigenvalue weighted by molar-refractivity contribution is 5.85. The molecule has 0 amide bonds. The number of fused-ring (bicyclic) bond motifs is 1. The molecule has 0 bridgehead atoms. The van der Waals surface area contributed by atoms with E-state index >= 15 is 0 Å². The molecule has 0 atom stereocenters. The summed E-state index contributed by atoms with van der Waals surface area (Å²) in [4.78, 5) is 15.1. The van der Waals surface area contributed by atoms with E-state index in [9.17, 15) is 4.79 Å². The van der Waals surface area contributed by atoms with E-state index < -0.39 is 5.97 Å². The van der Waals surface area contributed by atoms with Crippen molar-refractivity contribution in [2.24, 2.45) is 0 Å². The zero-order chi connectivity index (χ0) is 11.9. The zero-order valence-electron chi connectivity index (χ0n) is 9.43. The second-order valence-electron chi connectivity index (χ2n) is 4.70. The third-order valence-electron chi connectivity index (χ3n) is 2.31. The average Bonchev–Trinajstić information content (AvgIpc) is 2.58. The van der Waals surface area contributed by atoms with Crippen molar-refractivity contribution in [1.82, 2.24) is 14.6 Å². The number of aromatic nitrogens is 3. The highest BCUT2D eigenvalue weighted by atomic mass is 16.4. The fourth-order valence-electron chi connectivity index (χ4n) is 1.36. The summed E-state index contributed by atoms with van der Waals surface area (Å²) in [7, 11) is 0. The lowest BCUT2D eigenvalue weighted by Gasteiger charge is -2.13. The van der Waals surface area contributed by atoms with Gasteiger partial charge in [-0.05, 0) is 12.1 Å². The van der Waals surface area contributed by atoms with Crippen molar-refractivity contribution in [3.8, 4) is 0 Å². The van der Waals surface area contributed by atoms with Crippen LogP contribution in [0.2, 0.25) is 0 Å². The number of carboxylic acid groups (broad SMARTS) is 1. The third kappa shape index (κ3) is 1.76. The number of imidazole rings is 1. The summed E-state index contributed by atoms with van der Waals surface area (Å²) in [6.45, 7) is 6.15. The molecule has 0 spiro atoms. The monoisotopic (exact) mass is 219 g/mol. The van der Waals surface area contributed by atoms with E-state index in [-0.39, 0.29) is 11.1 Å². The lowest BCUT2D eigenvalue weighted by Crippen LogP contribution is -2.11. The van der Waals surface area contributed by atoms with E-state index in [0.717, 1.165) is 5.69 Å². The Morgan fingerprint density at radius 3 is 2.62 bits per heavy atom. The van der Waals surface area contributed by atoms with Crippen LogP contribution in [-0.4, -0.2) is 25.7 Å². The molecule has 0 radical (unpaired) electrons. The molecule has 0 fully saturated rings. The van der Waals surface area contributed by atoms with E-state index in [1.165, 1.54) is 10.6 Å². The molecule has 0 aliphatic carbocycles. The number of hydrogen-bond donors (Lipinski definition) is 1. The number of aromatic carboxylic acids is 1. The van der Waals surface area contributed by atoms with Crippen molar-refractivity contribution in [3.63, 3.8) is 0 Å². The number of carboxylic acids is 1. The van der Waals surface area contributed by atoms with E-state index in [2.05, 4.69) is 10.1 Å². The van der Waals surface area contributed by atoms with Crippen molar-refractivity contribution in [3.05, 3.63) is 29.7 Å². The first kappa shape index (κ1) is 10.6. The largest absolute Gasteiger partial charge is 0.476 e. The molecule has 2 heterocycles. The predicted octanol–water partition coefficient (Wildman–Crippen LogP) is 1.72. The van der Waals surface area contributed by atoms with Crippen LogP contribution in [0.25, 0.3) is 5.65 Å². The van der Waals surface area contributed by atoms with E-state index in [4.69, 9.17) is 5.11 Å². The molecule has 0 aromatic carbocycles. The van der Waals surface area contributed by atoms with Crippen LogP contribution < -0.4 is 0 Å². The van der Waals surface area contributed by atoms with Crippen LogP contribution in [0.4, 0.5) is 0 Å². The van der Waals surface area contributed by atoms with Gasteiger partial charge in [0.25, 0.3) is 0 Å². The first-order chi connectivity index (χ1) is 7.38. The Hall–Kier alpha value is -1.91. The van der Waals surface area contributed by atoms with Gasteiger partial charge >= 0.3 is 5.97 Å². The number of rotatable bonds is 1. The van der Waals surface area contributed by atoms with Crippen LogP contribution in [-0.2, 0) is 5.41 Å². The van der Waals surface area contributed by atoms with Crippen molar-refractivity contribution < 1.29 is 9.90 Å². The normalized spacial score (nSPS) is 11.9. The molecule has 2 aromatic heterocycles. The Morgan fingerprint density at radius 1 is 1.38 bits per heavy atom. The van der Waals surface area contributed by atoms with Gasteiger partial charge in [0.15, 0.2) is 11.3 Å². The maximum Gasteiger partial charge on any atom is 0.356 e. The van der Waals surface area contributed by atoms with Gasteiger partial charge in [-0.15, -0.1) is 0 Å². The summed E-state index contributed by atoms with van der Waals surface area (Å²) < 4.78 is 1.50. The second kappa shape index (κ2) is 3.30. The van der Waals surface area contributed by atoms with Crippen LogP contribution in [0, 0.1) is 0 Å². The number of carbonyl (C=O) groups is 1. The molecule has 5 nitrogen and oxygen atoms in total. The maximum absolute atomic E-state index is 10.8. The van der Waals surface area contributed by atoms with Gasteiger partial charge in [-0.1, -0.05) is 20.8 Å². The Labute approximate surface area is 92.7 Å². The minimum atomic E-state index is -1.03. The van der Waals surface area contributed by atoms with Crippen LogP contribution in [0.3, 0.4) is 0 Å². The van der Waals surface area contributed by atoms with Crippen molar-refractivity contribution in [2.75, 3.05) is 0 Å². The molecule has 0 aliphatic rings. The molecule has 0 saturated heterocycles. The summed E-state index contributed by atoms with van der Waals surface area (Å²) in [5, 5.41) is 12.8. The standard InChI is InChI=1S/C11H13N3O2/c1-11(2,3)8-6-14-9(12-8)5-4-7(13-14)10(15)16/h4-6H,1-3H3,(H,15,16). The molecule has 0 aliphatic heterocycles. The summed E-state index contributed by atoms with van der Waals surface area (Å²) >= 11 is 0. The van der Waals surface area contributed by atoms with Crippen LogP contribution in [0.1, 0.15) is 37.0 Å². The molecule has 84 valence electrons. The van der Waals surface area contributed by atoms with Crippen LogP contribution in [0.5, 0.6) is 0 Å². The molecule has 2 rings (SSSR count). The smallest absolute Gasteiger partial charge is 0.356 e. The Kier molecular flexibility index (Phi) is 2.18. The summed E-state index contributed by atoms with van der Waals surface area (Å²) in [5.41, 5.74) is 1.50. The van der Waals surface area contributed by atoms with Gasteiger partial charge in [-0.25, -0.2) is 14.3 Å². The minimum absolute atomic E-state index is 0.0189. The highest BCUT2D eigenvalue weighted by Gasteiger charge is 2.18. The summed E-state index contributed by atoms with van der Waals surface area (Å²) in [5.74, 6) is -1.03. The van der Waals surface area contributed by atoms with Crippen LogP contribution >= 0.6 is 0 Å². The van der Waals surface area contributed by atoms with Crippen LogP contribution in [0.15, 0.2) is 18.3 Å². The van der Waals surface area contributed by atoms with E-state index in [1.54, 1.807) is 12.3 Å². The highest BCUT2D eigenvalue weighted by Crippen LogP contribution is 2.21. The molecule has 0 unspecified atom stereocenters. The Morgan fingerprint density at radius 2 is 2.06 bits per heavy atom. The topological polar surface area (TPSA) is 67.5 Å². The molecule has 0 saturated carbocycles. The summed E-state index contributed by atoms with van der Waals surface area (Å²) in [6.07, 6.45) is 1.77. The third-order valence-corrected chi connectivity index (χ3v) is 2.31. The van der Waals surface area contributed by atoms with Crippen molar-refractivity contribution >= 4 is 11.6 Å². The fraction of sp³-hybridized carbons (Fsp3) is 0.364. The molecular formula is C11H13N3O2. The molecular weight excluding hydrogens is 206 g/mol. The quantitative estimate of drug-likeness (QED) is 0.793. The van der Waals surface area contributed by atoms with Crippen molar-refractivity contribution in [2.45, 2.75) is 26.2 Å². The number of hydrogen-bond acceptors (Lipinski definition) is 3.